The summed E-state index contributed by atoms with van der Waals surface area (Å²) in [5.41, 5.74) is 7.16. The van der Waals surface area contributed by atoms with Crippen molar-refractivity contribution in [1.82, 2.24) is 4.90 Å². The molecular formula is C15H24N2O2. The molecule has 2 N–H and O–H groups in total. The highest BCUT2D eigenvalue weighted by Gasteiger charge is 2.23. The van der Waals surface area contributed by atoms with Crippen LogP contribution >= 0.6 is 0 Å². The summed E-state index contributed by atoms with van der Waals surface area (Å²) in [5, 5.41) is 0. The van der Waals surface area contributed by atoms with Crippen LogP contribution in [0.2, 0.25) is 0 Å². The van der Waals surface area contributed by atoms with E-state index in [-0.39, 0.29) is 6.04 Å². The first-order chi connectivity index (χ1) is 9.30. The number of rotatable bonds is 5. The number of ether oxygens (including phenoxy) is 2. The highest BCUT2D eigenvalue weighted by Crippen LogP contribution is 2.33. The minimum Gasteiger partial charge on any atom is -0.497 e. The van der Waals surface area contributed by atoms with Crippen LogP contribution in [-0.4, -0.2) is 38.8 Å². The molecule has 1 aliphatic rings. The van der Waals surface area contributed by atoms with Gasteiger partial charge in [0.25, 0.3) is 0 Å². The number of benzene rings is 1. The van der Waals surface area contributed by atoms with Gasteiger partial charge in [-0.25, -0.2) is 0 Å². The second-order valence-corrected chi connectivity index (χ2v) is 4.96. The highest BCUT2D eigenvalue weighted by molar-refractivity contribution is 5.42. The van der Waals surface area contributed by atoms with Crippen LogP contribution < -0.4 is 15.2 Å². The Kier molecular flexibility index (Phi) is 5.05. The van der Waals surface area contributed by atoms with Gasteiger partial charge in [0, 0.05) is 18.2 Å². The largest absolute Gasteiger partial charge is 0.497 e. The monoisotopic (exact) mass is 264 g/mol. The number of nitrogens with zero attached hydrogens (tertiary/aromatic N) is 1. The molecule has 1 aromatic rings. The average Bonchev–Trinajstić information content (AvgIpc) is 2.49. The van der Waals surface area contributed by atoms with E-state index in [0.717, 1.165) is 30.2 Å². The van der Waals surface area contributed by atoms with Gasteiger partial charge in [-0.1, -0.05) is 12.5 Å². The first-order valence-corrected chi connectivity index (χ1v) is 6.96. The molecule has 0 saturated carbocycles. The number of likely N-dealkylation sites (tertiary alicyclic amines) is 1. The molecule has 4 heteroatoms. The summed E-state index contributed by atoms with van der Waals surface area (Å²) in [7, 11) is 3.36. The minimum absolute atomic E-state index is 0.237. The summed E-state index contributed by atoms with van der Waals surface area (Å²) >= 11 is 0. The van der Waals surface area contributed by atoms with E-state index in [1.54, 1.807) is 14.2 Å². The predicted octanol–water partition coefficient (Wildman–Crippen LogP) is 2.19. The first kappa shape index (κ1) is 14.2. The van der Waals surface area contributed by atoms with Crippen LogP contribution in [0.4, 0.5) is 0 Å². The molecule has 106 valence electrons. The van der Waals surface area contributed by atoms with Crippen LogP contribution in [0.15, 0.2) is 18.2 Å². The van der Waals surface area contributed by atoms with Crippen molar-refractivity contribution < 1.29 is 9.47 Å². The van der Waals surface area contributed by atoms with E-state index in [4.69, 9.17) is 15.2 Å². The Hall–Kier alpha value is -1.26. The fourth-order valence-corrected chi connectivity index (χ4v) is 2.80. The third-order valence-corrected chi connectivity index (χ3v) is 3.85. The van der Waals surface area contributed by atoms with E-state index >= 15 is 0 Å². The third-order valence-electron chi connectivity index (χ3n) is 3.85. The molecular weight excluding hydrogens is 240 g/mol. The van der Waals surface area contributed by atoms with Gasteiger partial charge in [0.15, 0.2) is 0 Å². The smallest absolute Gasteiger partial charge is 0.127 e. The van der Waals surface area contributed by atoms with Gasteiger partial charge in [0.1, 0.15) is 11.5 Å². The minimum atomic E-state index is 0.237. The van der Waals surface area contributed by atoms with Gasteiger partial charge >= 0.3 is 0 Å². The fourth-order valence-electron chi connectivity index (χ4n) is 2.80. The molecule has 1 aromatic carbocycles. The number of nitrogens with two attached hydrogens (primary N) is 1. The van der Waals surface area contributed by atoms with Gasteiger partial charge in [-0.2, -0.15) is 0 Å². The Morgan fingerprint density at radius 1 is 1.16 bits per heavy atom. The number of hydrogen-bond donors (Lipinski definition) is 1. The normalized spacial score (nSPS) is 18.1. The number of methoxy groups -OCH3 is 2. The second kappa shape index (κ2) is 6.78. The lowest BCUT2D eigenvalue weighted by atomic mass is 10.0. The van der Waals surface area contributed by atoms with E-state index < -0.39 is 0 Å². The maximum atomic E-state index is 6.00. The molecule has 1 fully saturated rings. The van der Waals surface area contributed by atoms with Crippen LogP contribution in [0.3, 0.4) is 0 Å². The zero-order valence-corrected chi connectivity index (χ0v) is 11.9. The number of hydrogen-bond acceptors (Lipinski definition) is 4. The Balaban J connectivity index is 2.26. The SMILES string of the molecule is COc1ccc([C@@H](CN)N2CCCCC2)c(OC)c1. The van der Waals surface area contributed by atoms with E-state index in [9.17, 15) is 0 Å². The van der Waals surface area contributed by atoms with Crippen LogP contribution in [0.5, 0.6) is 11.5 Å². The molecule has 1 heterocycles. The van der Waals surface area contributed by atoms with Gasteiger partial charge in [-0.3, -0.25) is 4.90 Å². The molecule has 0 aliphatic carbocycles. The second-order valence-electron chi connectivity index (χ2n) is 4.96. The van der Waals surface area contributed by atoms with Gasteiger partial charge in [-0.05, 0) is 32.0 Å². The Morgan fingerprint density at radius 3 is 2.47 bits per heavy atom. The molecule has 0 unspecified atom stereocenters. The highest BCUT2D eigenvalue weighted by atomic mass is 16.5. The van der Waals surface area contributed by atoms with E-state index in [1.807, 2.05) is 12.1 Å². The lowest BCUT2D eigenvalue weighted by Crippen LogP contribution is -2.37. The molecule has 0 radical (unpaired) electrons. The van der Waals surface area contributed by atoms with E-state index in [0.29, 0.717) is 6.54 Å². The molecule has 4 nitrogen and oxygen atoms in total. The van der Waals surface area contributed by atoms with Crippen molar-refractivity contribution >= 4 is 0 Å². The third kappa shape index (κ3) is 3.19. The van der Waals surface area contributed by atoms with Crippen molar-refractivity contribution in [3.63, 3.8) is 0 Å². The summed E-state index contributed by atoms with van der Waals surface area (Å²) in [6, 6.07) is 6.22. The summed E-state index contributed by atoms with van der Waals surface area (Å²) in [6.45, 7) is 2.86. The molecule has 0 amide bonds. The van der Waals surface area contributed by atoms with Crippen molar-refractivity contribution in [1.29, 1.82) is 0 Å². The molecule has 1 saturated heterocycles. The maximum absolute atomic E-state index is 6.00. The number of piperidine rings is 1. The molecule has 0 spiro atoms. The molecule has 0 bridgehead atoms. The van der Waals surface area contributed by atoms with Crippen LogP contribution in [0, 0.1) is 0 Å². The summed E-state index contributed by atoms with van der Waals surface area (Å²) in [5.74, 6) is 1.68. The summed E-state index contributed by atoms with van der Waals surface area (Å²) in [6.07, 6.45) is 3.84. The van der Waals surface area contributed by atoms with Gasteiger partial charge in [0.2, 0.25) is 0 Å². The quantitative estimate of drug-likeness (QED) is 0.885. The topological polar surface area (TPSA) is 47.7 Å². The summed E-state index contributed by atoms with van der Waals surface area (Å²) in [4.78, 5) is 2.47. The summed E-state index contributed by atoms with van der Waals surface area (Å²) < 4.78 is 10.7. The molecule has 19 heavy (non-hydrogen) atoms. The molecule has 0 aromatic heterocycles. The van der Waals surface area contributed by atoms with Crippen molar-refractivity contribution in [3.05, 3.63) is 23.8 Å². The molecule has 2 rings (SSSR count). The van der Waals surface area contributed by atoms with Crippen molar-refractivity contribution in [2.45, 2.75) is 25.3 Å². The Bertz CT molecular complexity index is 403. The van der Waals surface area contributed by atoms with Crippen LogP contribution in [0.1, 0.15) is 30.9 Å². The Morgan fingerprint density at radius 2 is 1.89 bits per heavy atom. The maximum Gasteiger partial charge on any atom is 0.127 e. The lowest BCUT2D eigenvalue weighted by molar-refractivity contribution is 0.165. The Labute approximate surface area is 115 Å². The standard InChI is InChI=1S/C15H24N2O2/c1-18-12-6-7-13(15(10-12)19-2)14(11-16)17-8-4-3-5-9-17/h6-7,10,14H,3-5,8-9,11,16H2,1-2H3/t14-/m1/s1. The zero-order valence-electron chi connectivity index (χ0n) is 11.9. The first-order valence-electron chi connectivity index (χ1n) is 6.96. The van der Waals surface area contributed by atoms with Gasteiger partial charge in [0.05, 0.1) is 20.3 Å². The zero-order chi connectivity index (χ0) is 13.7. The predicted molar refractivity (Wildman–Crippen MR) is 76.8 cm³/mol. The van der Waals surface area contributed by atoms with E-state index in [2.05, 4.69) is 11.0 Å². The van der Waals surface area contributed by atoms with E-state index in [1.165, 1.54) is 19.3 Å². The van der Waals surface area contributed by atoms with Crippen molar-refractivity contribution in [2.75, 3.05) is 33.9 Å². The van der Waals surface area contributed by atoms with Crippen molar-refractivity contribution in [3.8, 4) is 11.5 Å². The molecule has 1 atom stereocenters. The van der Waals surface area contributed by atoms with Gasteiger partial charge in [-0.15, -0.1) is 0 Å². The van der Waals surface area contributed by atoms with Crippen LogP contribution in [-0.2, 0) is 0 Å². The molecule has 1 aliphatic heterocycles. The van der Waals surface area contributed by atoms with Crippen LogP contribution in [0.25, 0.3) is 0 Å². The fraction of sp³-hybridized carbons (Fsp3) is 0.600. The lowest BCUT2D eigenvalue weighted by Gasteiger charge is -2.34. The van der Waals surface area contributed by atoms with Crippen molar-refractivity contribution in [2.24, 2.45) is 5.73 Å². The van der Waals surface area contributed by atoms with Gasteiger partial charge < -0.3 is 15.2 Å². The average molecular weight is 264 g/mol.